The predicted molar refractivity (Wildman–Crippen MR) is 101 cm³/mol. The number of rotatable bonds is 7. The Kier molecular flexibility index (Phi) is 9.01. The number of nitrogens with two attached hydrogens (primary N) is 1. The van der Waals surface area contributed by atoms with Crippen LogP contribution in [0.3, 0.4) is 0 Å². The summed E-state index contributed by atoms with van der Waals surface area (Å²) in [4.78, 5) is 26.3. The molecule has 1 unspecified atom stereocenters. The molecule has 0 saturated carbocycles. The van der Waals surface area contributed by atoms with Gasteiger partial charge in [0.2, 0.25) is 0 Å². The molecule has 136 valence electrons. The second-order valence-corrected chi connectivity index (χ2v) is 6.72. The van der Waals surface area contributed by atoms with Crippen molar-refractivity contribution in [2.45, 2.75) is 39.7 Å². The van der Waals surface area contributed by atoms with Crippen LogP contribution in [0.25, 0.3) is 0 Å². The van der Waals surface area contributed by atoms with Gasteiger partial charge < -0.3 is 16.0 Å². The molecule has 1 aromatic rings. The summed E-state index contributed by atoms with van der Waals surface area (Å²) < 4.78 is 0. The molecule has 2 amide bonds. The van der Waals surface area contributed by atoms with Crippen LogP contribution in [0.5, 0.6) is 0 Å². The molecule has 0 aromatic heterocycles. The van der Waals surface area contributed by atoms with E-state index in [2.05, 4.69) is 19.2 Å². The van der Waals surface area contributed by atoms with E-state index in [1.165, 1.54) is 0 Å². The molecule has 0 saturated heterocycles. The van der Waals surface area contributed by atoms with Crippen LogP contribution in [0.15, 0.2) is 24.3 Å². The molecule has 0 fully saturated rings. The Balaban J connectivity index is 0.00000529. The average molecular weight is 356 g/mol. The van der Waals surface area contributed by atoms with E-state index in [9.17, 15) is 9.59 Å². The number of benzene rings is 1. The lowest BCUT2D eigenvalue weighted by Crippen LogP contribution is -2.52. The van der Waals surface area contributed by atoms with Crippen LogP contribution in [0.4, 0.5) is 0 Å². The Morgan fingerprint density at radius 2 is 1.88 bits per heavy atom. The number of hydrogen-bond acceptors (Lipinski definition) is 3. The number of carbonyl (C=O) groups excluding carboxylic acids is 2. The largest absolute Gasteiger partial charge is 0.346 e. The number of carbonyl (C=O) groups is 2. The predicted octanol–water partition coefficient (Wildman–Crippen LogP) is 2.69. The van der Waals surface area contributed by atoms with E-state index in [4.69, 9.17) is 5.73 Å². The molecule has 24 heavy (non-hydrogen) atoms. The maximum absolute atomic E-state index is 12.5. The van der Waals surface area contributed by atoms with Gasteiger partial charge in [0, 0.05) is 36.8 Å². The molecule has 6 heteroatoms. The first-order valence-corrected chi connectivity index (χ1v) is 8.10. The number of hydrogen-bond donors (Lipinski definition) is 2. The van der Waals surface area contributed by atoms with Crippen LogP contribution in [-0.4, -0.2) is 42.4 Å². The van der Waals surface area contributed by atoms with Gasteiger partial charge in [0.05, 0.1) is 0 Å². The summed E-state index contributed by atoms with van der Waals surface area (Å²) in [6.07, 6.45) is 0.798. The highest BCUT2D eigenvalue weighted by Crippen LogP contribution is 2.17. The molecule has 5 nitrogen and oxygen atoms in total. The SMILES string of the molecule is CCN(C)C(=O)c1cccc(C(=O)NC(C)(CN)CC(C)C)c1.Cl. The molecule has 0 spiro atoms. The van der Waals surface area contributed by atoms with Crippen LogP contribution in [0.1, 0.15) is 54.8 Å². The first kappa shape index (κ1) is 22.4. The zero-order valence-corrected chi connectivity index (χ0v) is 16.1. The van der Waals surface area contributed by atoms with Gasteiger partial charge in [0.1, 0.15) is 0 Å². The quantitative estimate of drug-likeness (QED) is 0.789. The summed E-state index contributed by atoms with van der Waals surface area (Å²) in [5, 5.41) is 3.01. The molecule has 3 N–H and O–H groups in total. The van der Waals surface area contributed by atoms with E-state index >= 15 is 0 Å². The smallest absolute Gasteiger partial charge is 0.253 e. The Morgan fingerprint density at radius 1 is 1.29 bits per heavy atom. The van der Waals surface area contributed by atoms with Crippen LogP contribution < -0.4 is 11.1 Å². The van der Waals surface area contributed by atoms with Gasteiger partial charge in [-0.05, 0) is 44.4 Å². The van der Waals surface area contributed by atoms with E-state index in [-0.39, 0.29) is 24.2 Å². The van der Waals surface area contributed by atoms with Crippen LogP contribution >= 0.6 is 12.4 Å². The minimum Gasteiger partial charge on any atom is -0.346 e. The summed E-state index contributed by atoms with van der Waals surface area (Å²) in [7, 11) is 1.74. The summed E-state index contributed by atoms with van der Waals surface area (Å²) in [5.41, 5.74) is 6.38. The fourth-order valence-corrected chi connectivity index (χ4v) is 2.59. The third-order valence-corrected chi connectivity index (χ3v) is 3.92. The van der Waals surface area contributed by atoms with E-state index in [0.717, 1.165) is 6.42 Å². The van der Waals surface area contributed by atoms with Gasteiger partial charge in [-0.15, -0.1) is 12.4 Å². The van der Waals surface area contributed by atoms with Gasteiger partial charge in [-0.2, -0.15) is 0 Å². The summed E-state index contributed by atoms with van der Waals surface area (Å²) in [5.74, 6) is 0.133. The Hall–Kier alpha value is -1.59. The molecular formula is C18H30ClN3O2. The van der Waals surface area contributed by atoms with E-state index in [1.807, 2.05) is 13.8 Å². The third-order valence-electron chi connectivity index (χ3n) is 3.92. The normalized spacial score (nSPS) is 13.0. The van der Waals surface area contributed by atoms with Gasteiger partial charge in [-0.3, -0.25) is 9.59 Å². The molecule has 1 aromatic carbocycles. The highest BCUT2D eigenvalue weighted by atomic mass is 35.5. The van der Waals surface area contributed by atoms with Crippen molar-refractivity contribution in [1.82, 2.24) is 10.2 Å². The van der Waals surface area contributed by atoms with Gasteiger partial charge in [0.25, 0.3) is 11.8 Å². The maximum atomic E-state index is 12.5. The molecule has 0 bridgehead atoms. The van der Waals surface area contributed by atoms with E-state index < -0.39 is 5.54 Å². The first-order chi connectivity index (χ1) is 10.7. The molecule has 1 atom stereocenters. The number of nitrogens with zero attached hydrogens (tertiary/aromatic N) is 1. The number of amides is 2. The van der Waals surface area contributed by atoms with Crippen molar-refractivity contribution in [2.24, 2.45) is 11.7 Å². The van der Waals surface area contributed by atoms with Gasteiger partial charge >= 0.3 is 0 Å². The van der Waals surface area contributed by atoms with E-state index in [1.54, 1.807) is 36.2 Å². The lowest BCUT2D eigenvalue weighted by Gasteiger charge is -2.31. The average Bonchev–Trinajstić information content (AvgIpc) is 2.52. The molecule has 0 heterocycles. The van der Waals surface area contributed by atoms with Gasteiger partial charge in [0.15, 0.2) is 0 Å². The minimum absolute atomic E-state index is 0. The summed E-state index contributed by atoms with van der Waals surface area (Å²) in [6, 6.07) is 6.80. The second-order valence-electron chi connectivity index (χ2n) is 6.72. The fraction of sp³-hybridized carbons (Fsp3) is 0.556. The fourth-order valence-electron chi connectivity index (χ4n) is 2.59. The zero-order chi connectivity index (χ0) is 17.6. The Morgan fingerprint density at radius 3 is 2.38 bits per heavy atom. The van der Waals surface area contributed by atoms with E-state index in [0.29, 0.717) is 30.1 Å². The molecule has 0 radical (unpaired) electrons. The van der Waals surface area contributed by atoms with Crippen LogP contribution in [0.2, 0.25) is 0 Å². The summed E-state index contributed by atoms with van der Waals surface area (Å²) >= 11 is 0. The maximum Gasteiger partial charge on any atom is 0.253 e. The molecular weight excluding hydrogens is 326 g/mol. The molecule has 0 aliphatic rings. The summed E-state index contributed by atoms with van der Waals surface area (Å²) in [6.45, 7) is 9.04. The van der Waals surface area contributed by atoms with Crippen molar-refractivity contribution in [3.05, 3.63) is 35.4 Å². The van der Waals surface area contributed by atoms with Crippen LogP contribution in [0, 0.1) is 5.92 Å². The van der Waals surface area contributed by atoms with Gasteiger partial charge in [-0.1, -0.05) is 19.9 Å². The topological polar surface area (TPSA) is 75.4 Å². The minimum atomic E-state index is -0.453. The molecule has 0 aliphatic heterocycles. The lowest BCUT2D eigenvalue weighted by atomic mass is 9.90. The van der Waals surface area contributed by atoms with Crippen molar-refractivity contribution < 1.29 is 9.59 Å². The molecule has 0 aliphatic carbocycles. The molecule has 1 rings (SSSR count). The lowest BCUT2D eigenvalue weighted by molar-refractivity contribution is 0.0802. The third kappa shape index (κ3) is 6.13. The van der Waals surface area contributed by atoms with Crippen molar-refractivity contribution in [1.29, 1.82) is 0 Å². The van der Waals surface area contributed by atoms with Crippen LogP contribution in [-0.2, 0) is 0 Å². The van der Waals surface area contributed by atoms with Crippen molar-refractivity contribution >= 4 is 24.2 Å². The van der Waals surface area contributed by atoms with Gasteiger partial charge in [-0.25, -0.2) is 0 Å². The number of nitrogens with one attached hydrogen (secondary N) is 1. The Bertz CT molecular complexity index is 563. The van der Waals surface area contributed by atoms with Crippen molar-refractivity contribution in [3.63, 3.8) is 0 Å². The highest BCUT2D eigenvalue weighted by Gasteiger charge is 2.26. The van der Waals surface area contributed by atoms with Crippen molar-refractivity contribution in [3.8, 4) is 0 Å². The monoisotopic (exact) mass is 355 g/mol. The zero-order valence-electron chi connectivity index (χ0n) is 15.3. The highest BCUT2D eigenvalue weighted by molar-refractivity contribution is 5.99. The number of halogens is 1. The second kappa shape index (κ2) is 9.64. The Labute approximate surface area is 151 Å². The standard InChI is InChI=1S/C18H29N3O2.ClH/c1-6-21(5)17(23)15-9-7-8-14(10-15)16(22)20-18(4,12-19)11-13(2)3;/h7-10,13H,6,11-12,19H2,1-5H3,(H,20,22);1H. The first-order valence-electron chi connectivity index (χ1n) is 8.10. The van der Waals surface area contributed by atoms with Crippen molar-refractivity contribution in [2.75, 3.05) is 20.1 Å².